The molecule has 0 radical (unpaired) electrons. The molecule has 34 heavy (non-hydrogen) atoms. The van der Waals surface area contributed by atoms with Crippen LogP contribution in [0.4, 0.5) is 4.39 Å². The van der Waals surface area contributed by atoms with Crippen LogP contribution < -0.4 is 0 Å². The number of benzene rings is 1. The Labute approximate surface area is 205 Å². The molecule has 2 heterocycles. The van der Waals surface area contributed by atoms with Crippen molar-refractivity contribution < 1.29 is 9.18 Å². The van der Waals surface area contributed by atoms with Gasteiger partial charge in [0.2, 0.25) is 5.91 Å². The quantitative estimate of drug-likeness (QED) is 0.547. The van der Waals surface area contributed by atoms with E-state index in [4.69, 9.17) is 0 Å². The van der Waals surface area contributed by atoms with Gasteiger partial charge < -0.3 is 9.47 Å². The zero-order chi connectivity index (χ0) is 24.8. The molecule has 4 rings (SSSR count). The van der Waals surface area contributed by atoms with E-state index in [-0.39, 0.29) is 23.2 Å². The smallest absolute Gasteiger partial charge is 0.226 e. The molecule has 2 aliphatic rings. The Kier molecular flexibility index (Phi) is 6.97. The average molecular weight is 468 g/mol. The molecule has 186 valence electrons. The van der Waals surface area contributed by atoms with E-state index < -0.39 is 0 Å². The third-order valence-electron chi connectivity index (χ3n) is 8.05. The minimum Gasteiger partial charge on any atom is -0.337 e. The largest absolute Gasteiger partial charge is 0.337 e. The Morgan fingerprint density at radius 1 is 1.09 bits per heavy atom. The maximum absolute atomic E-state index is 15.2. The summed E-state index contributed by atoms with van der Waals surface area (Å²) in [6.45, 7) is 18.3. The Morgan fingerprint density at radius 2 is 1.76 bits per heavy atom. The number of hydrogen-bond donors (Lipinski definition) is 0. The van der Waals surface area contributed by atoms with Gasteiger partial charge in [-0.05, 0) is 74.8 Å². The summed E-state index contributed by atoms with van der Waals surface area (Å²) in [6, 6.07) is 5.97. The van der Waals surface area contributed by atoms with Crippen LogP contribution in [0.15, 0.2) is 18.2 Å². The van der Waals surface area contributed by atoms with Crippen LogP contribution in [0.1, 0.15) is 81.5 Å². The Morgan fingerprint density at radius 3 is 2.35 bits per heavy atom. The van der Waals surface area contributed by atoms with Crippen molar-refractivity contribution in [2.24, 2.45) is 5.92 Å². The number of aromatic nitrogens is 1. The maximum Gasteiger partial charge on any atom is 0.226 e. The number of aryl methyl sites for hydroxylation is 1. The highest BCUT2D eigenvalue weighted by Gasteiger charge is 2.33. The van der Waals surface area contributed by atoms with Gasteiger partial charge in [-0.3, -0.25) is 9.69 Å². The van der Waals surface area contributed by atoms with Crippen molar-refractivity contribution in [3.05, 3.63) is 52.1 Å². The van der Waals surface area contributed by atoms with Crippen LogP contribution in [0.5, 0.6) is 0 Å². The van der Waals surface area contributed by atoms with Crippen molar-refractivity contribution in [2.45, 2.75) is 92.2 Å². The van der Waals surface area contributed by atoms with Gasteiger partial charge in [-0.2, -0.15) is 0 Å². The van der Waals surface area contributed by atoms with Crippen LogP contribution in [-0.2, 0) is 16.8 Å². The van der Waals surface area contributed by atoms with Crippen LogP contribution in [0.2, 0.25) is 0 Å². The molecule has 1 atom stereocenters. The summed E-state index contributed by atoms with van der Waals surface area (Å²) in [6.07, 6.45) is 4.49. The molecule has 0 N–H and O–H groups in total. The molecule has 1 amide bonds. The summed E-state index contributed by atoms with van der Waals surface area (Å²) in [7, 11) is 0. The molecule has 0 spiro atoms. The number of rotatable bonds is 4. The van der Waals surface area contributed by atoms with Gasteiger partial charge in [0, 0.05) is 49.5 Å². The highest BCUT2D eigenvalue weighted by atomic mass is 19.1. The molecule has 2 aromatic rings. The lowest BCUT2D eigenvalue weighted by atomic mass is 9.87. The maximum atomic E-state index is 15.2. The van der Waals surface area contributed by atoms with Crippen LogP contribution in [0, 0.1) is 32.5 Å². The lowest BCUT2D eigenvalue weighted by Crippen LogP contribution is -2.54. The third kappa shape index (κ3) is 4.68. The molecule has 1 aliphatic carbocycles. The first kappa shape index (κ1) is 25.0. The van der Waals surface area contributed by atoms with Gasteiger partial charge in [0.05, 0.1) is 5.69 Å². The van der Waals surface area contributed by atoms with E-state index >= 15 is 4.39 Å². The SMILES string of the molecule is Cc1c(CN2CCN(C(=O)C3CCCC3)[C@H](C)C2)ccc(F)c1-n1c(C)cc(C(C)(C)C)c1C. The fourth-order valence-corrected chi connectivity index (χ4v) is 6.17. The summed E-state index contributed by atoms with van der Waals surface area (Å²) in [5, 5.41) is 0. The number of nitrogens with zero attached hydrogens (tertiary/aromatic N) is 3. The van der Waals surface area contributed by atoms with Crippen LogP contribution in [0.3, 0.4) is 0 Å². The van der Waals surface area contributed by atoms with Crippen LogP contribution >= 0.6 is 0 Å². The van der Waals surface area contributed by atoms with Gasteiger partial charge in [0.15, 0.2) is 0 Å². The van der Waals surface area contributed by atoms with Gasteiger partial charge in [-0.15, -0.1) is 0 Å². The van der Waals surface area contributed by atoms with Gasteiger partial charge >= 0.3 is 0 Å². The minimum atomic E-state index is -0.177. The predicted molar refractivity (Wildman–Crippen MR) is 137 cm³/mol. The number of piperazine rings is 1. The highest BCUT2D eigenvalue weighted by molar-refractivity contribution is 5.79. The van der Waals surface area contributed by atoms with E-state index in [0.717, 1.165) is 61.5 Å². The van der Waals surface area contributed by atoms with Crippen molar-refractivity contribution in [3.8, 4) is 5.69 Å². The Balaban J connectivity index is 1.55. The zero-order valence-electron chi connectivity index (χ0n) is 22.2. The van der Waals surface area contributed by atoms with Crippen molar-refractivity contribution in [3.63, 3.8) is 0 Å². The molecular formula is C29H42FN3O. The first-order valence-corrected chi connectivity index (χ1v) is 13.0. The molecule has 2 fully saturated rings. The van der Waals surface area contributed by atoms with E-state index in [1.165, 1.54) is 18.4 Å². The Hall–Kier alpha value is -2.14. The number of hydrogen-bond acceptors (Lipinski definition) is 2. The second-order valence-electron chi connectivity index (χ2n) is 11.6. The fourth-order valence-electron chi connectivity index (χ4n) is 6.17. The molecule has 1 saturated heterocycles. The second kappa shape index (κ2) is 9.49. The van der Waals surface area contributed by atoms with Crippen molar-refractivity contribution in [1.29, 1.82) is 0 Å². The molecular weight excluding hydrogens is 425 g/mol. The van der Waals surface area contributed by atoms with Gasteiger partial charge in [-0.25, -0.2) is 4.39 Å². The van der Waals surface area contributed by atoms with Crippen LogP contribution in [-0.4, -0.2) is 46.0 Å². The van der Waals surface area contributed by atoms with Crippen molar-refractivity contribution in [1.82, 2.24) is 14.4 Å². The molecule has 1 aromatic carbocycles. The van der Waals surface area contributed by atoms with Gasteiger partial charge in [-0.1, -0.05) is 39.7 Å². The minimum absolute atomic E-state index is 0.00777. The standard InChI is InChI=1S/C29H42FN3O/c1-19-16-25(29(5,6)7)22(4)33(19)27-21(3)24(12-13-26(27)30)18-31-14-15-32(20(2)17-31)28(34)23-10-8-9-11-23/h12-13,16,20,23H,8-11,14-15,17-18H2,1-7H3/t20-/m1/s1. The van der Waals surface area contributed by atoms with E-state index in [9.17, 15) is 4.79 Å². The predicted octanol–water partition coefficient (Wildman–Crippen LogP) is 6.06. The first-order chi connectivity index (χ1) is 16.0. The summed E-state index contributed by atoms with van der Waals surface area (Å²) >= 11 is 0. The highest BCUT2D eigenvalue weighted by Crippen LogP contribution is 2.34. The van der Waals surface area contributed by atoms with E-state index in [1.54, 1.807) is 6.07 Å². The Bertz CT molecular complexity index is 1060. The van der Waals surface area contributed by atoms with E-state index in [1.807, 2.05) is 13.0 Å². The van der Waals surface area contributed by atoms with Crippen molar-refractivity contribution in [2.75, 3.05) is 19.6 Å². The topological polar surface area (TPSA) is 28.5 Å². The summed E-state index contributed by atoms with van der Waals surface area (Å²) in [5.74, 6) is 0.420. The summed E-state index contributed by atoms with van der Waals surface area (Å²) in [4.78, 5) is 17.5. The number of halogens is 1. The van der Waals surface area contributed by atoms with Gasteiger partial charge in [0.25, 0.3) is 0 Å². The van der Waals surface area contributed by atoms with E-state index in [0.29, 0.717) is 11.6 Å². The molecule has 1 saturated carbocycles. The molecule has 0 bridgehead atoms. The number of carbonyl (C=O) groups excluding carboxylic acids is 1. The molecule has 0 unspecified atom stereocenters. The van der Waals surface area contributed by atoms with E-state index in [2.05, 4.69) is 62.0 Å². The third-order valence-corrected chi connectivity index (χ3v) is 8.05. The number of amides is 1. The normalized spacial score (nSPS) is 20.4. The average Bonchev–Trinajstić information content (AvgIpc) is 3.39. The lowest BCUT2D eigenvalue weighted by Gasteiger charge is -2.41. The summed E-state index contributed by atoms with van der Waals surface area (Å²) < 4.78 is 17.3. The monoisotopic (exact) mass is 467 g/mol. The number of carbonyl (C=O) groups is 1. The molecule has 1 aliphatic heterocycles. The zero-order valence-corrected chi connectivity index (χ0v) is 22.2. The first-order valence-electron chi connectivity index (χ1n) is 13.0. The van der Waals surface area contributed by atoms with Gasteiger partial charge in [0.1, 0.15) is 5.82 Å². The lowest BCUT2D eigenvalue weighted by molar-refractivity contribution is -0.140. The second-order valence-corrected chi connectivity index (χ2v) is 11.6. The van der Waals surface area contributed by atoms with Crippen LogP contribution in [0.25, 0.3) is 5.69 Å². The fraction of sp³-hybridized carbons (Fsp3) is 0.621. The molecule has 1 aromatic heterocycles. The molecule has 5 heteroatoms. The summed E-state index contributed by atoms with van der Waals surface area (Å²) in [5.41, 5.74) is 6.26. The van der Waals surface area contributed by atoms with Crippen molar-refractivity contribution >= 4 is 5.91 Å². The molecule has 4 nitrogen and oxygen atoms in total.